The van der Waals surface area contributed by atoms with Crippen LogP contribution < -0.4 is 5.32 Å². The number of nitrogens with one attached hydrogen (secondary N) is 1. The van der Waals surface area contributed by atoms with Gasteiger partial charge in [0.15, 0.2) is 0 Å². The summed E-state index contributed by atoms with van der Waals surface area (Å²) < 4.78 is 5.43. The average molecular weight is 221 g/mol. The van der Waals surface area contributed by atoms with Crippen LogP contribution in [0.3, 0.4) is 0 Å². The first-order valence-corrected chi connectivity index (χ1v) is 5.81. The van der Waals surface area contributed by atoms with Crippen molar-refractivity contribution in [1.82, 2.24) is 15.3 Å². The number of aromatic nitrogens is 2. The average Bonchev–Trinajstić information content (AvgIpc) is 2.29. The first-order valence-electron chi connectivity index (χ1n) is 5.81. The van der Waals surface area contributed by atoms with Gasteiger partial charge in [-0.15, -0.1) is 0 Å². The zero-order valence-corrected chi connectivity index (χ0v) is 10.2. The summed E-state index contributed by atoms with van der Waals surface area (Å²) in [5.74, 6) is 0.920. The van der Waals surface area contributed by atoms with Gasteiger partial charge in [0.05, 0.1) is 18.9 Å². The van der Waals surface area contributed by atoms with Crippen LogP contribution in [0.15, 0.2) is 0 Å². The molecule has 0 spiro atoms. The highest BCUT2D eigenvalue weighted by atomic mass is 16.5. The van der Waals surface area contributed by atoms with Crippen molar-refractivity contribution in [2.75, 3.05) is 13.7 Å². The van der Waals surface area contributed by atoms with Crippen molar-refractivity contribution in [3.8, 4) is 0 Å². The highest BCUT2D eigenvalue weighted by molar-refractivity contribution is 5.26. The van der Waals surface area contributed by atoms with Crippen molar-refractivity contribution >= 4 is 0 Å². The molecule has 2 rings (SSSR count). The Hall–Kier alpha value is -1.00. The topological polar surface area (TPSA) is 47.0 Å². The van der Waals surface area contributed by atoms with Gasteiger partial charge in [-0.05, 0) is 32.9 Å². The smallest absolute Gasteiger partial charge is 0.130 e. The van der Waals surface area contributed by atoms with E-state index in [-0.39, 0.29) is 0 Å². The molecule has 0 aromatic carbocycles. The van der Waals surface area contributed by atoms with Gasteiger partial charge in [-0.3, -0.25) is 0 Å². The summed E-state index contributed by atoms with van der Waals surface area (Å²) in [5, 5.41) is 3.20. The predicted molar refractivity (Wildman–Crippen MR) is 62.4 cm³/mol. The summed E-state index contributed by atoms with van der Waals surface area (Å²) in [5.41, 5.74) is 3.48. The lowest BCUT2D eigenvalue weighted by Gasteiger charge is -2.19. The van der Waals surface area contributed by atoms with Gasteiger partial charge in [0, 0.05) is 18.2 Å². The van der Waals surface area contributed by atoms with E-state index in [2.05, 4.69) is 29.1 Å². The molecule has 4 heteroatoms. The Kier molecular flexibility index (Phi) is 3.51. The second-order valence-electron chi connectivity index (χ2n) is 4.35. The molecule has 1 aromatic rings. The fraction of sp³-hybridized carbons (Fsp3) is 0.667. The van der Waals surface area contributed by atoms with Crippen molar-refractivity contribution in [2.45, 2.75) is 39.3 Å². The summed E-state index contributed by atoms with van der Waals surface area (Å²) in [4.78, 5) is 9.15. The highest BCUT2D eigenvalue weighted by Crippen LogP contribution is 2.17. The molecule has 0 amide bonds. The van der Waals surface area contributed by atoms with Crippen molar-refractivity contribution in [2.24, 2.45) is 0 Å². The van der Waals surface area contributed by atoms with Crippen LogP contribution in [0.1, 0.15) is 29.7 Å². The van der Waals surface area contributed by atoms with Crippen molar-refractivity contribution in [3.63, 3.8) is 0 Å². The summed E-state index contributed by atoms with van der Waals surface area (Å²) in [6.07, 6.45) is 1.81. The lowest BCUT2D eigenvalue weighted by molar-refractivity contribution is 0.106. The largest absolute Gasteiger partial charge is 0.375 e. The molecule has 1 N–H and O–H groups in total. The van der Waals surface area contributed by atoms with Crippen molar-refractivity contribution in [1.29, 1.82) is 0 Å². The Bertz CT molecular complexity index is 379. The molecule has 88 valence electrons. The van der Waals surface area contributed by atoms with Crippen LogP contribution in [0.5, 0.6) is 0 Å². The molecule has 0 fully saturated rings. The van der Waals surface area contributed by atoms with Gasteiger partial charge in [0.25, 0.3) is 0 Å². The minimum absolute atomic E-state index is 0.405. The number of hydrogen-bond acceptors (Lipinski definition) is 4. The maximum Gasteiger partial charge on any atom is 0.130 e. The molecule has 0 saturated carbocycles. The van der Waals surface area contributed by atoms with Crippen LogP contribution in [-0.4, -0.2) is 29.7 Å². The Morgan fingerprint density at radius 3 is 3.00 bits per heavy atom. The molecule has 1 atom stereocenters. The van der Waals surface area contributed by atoms with Crippen LogP contribution >= 0.6 is 0 Å². The minimum atomic E-state index is 0.405. The van der Waals surface area contributed by atoms with Crippen LogP contribution in [-0.2, 0) is 24.2 Å². The molecule has 0 bridgehead atoms. The Balaban J connectivity index is 2.24. The Morgan fingerprint density at radius 1 is 1.44 bits per heavy atom. The normalized spacial score (nSPS) is 16.9. The van der Waals surface area contributed by atoms with Gasteiger partial charge in [-0.2, -0.15) is 0 Å². The number of aryl methyl sites for hydroxylation is 1. The van der Waals surface area contributed by atoms with Gasteiger partial charge >= 0.3 is 0 Å². The maximum absolute atomic E-state index is 5.43. The predicted octanol–water partition coefficient (Wildman–Crippen LogP) is 1.01. The van der Waals surface area contributed by atoms with E-state index < -0.39 is 0 Å². The lowest BCUT2D eigenvalue weighted by Crippen LogP contribution is -2.26. The monoisotopic (exact) mass is 221 g/mol. The third-order valence-corrected chi connectivity index (χ3v) is 3.06. The summed E-state index contributed by atoms with van der Waals surface area (Å²) in [6.45, 7) is 5.64. The van der Waals surface area contributed by atoms with Gasteiger partial charge < -0.3 is 10.1 Å². The van der Waals surface area contributed by atoms with E-state index in [9.17, 15) is 0 Å². The van der Waals surface area contributed by atoms with Crippen molar-refractivity contribution < 1.29 is 4.74 Å². The third-order valence-electron chi connectivity index (χ3n) is 3.06. The first kappa shape index (κ1) is 11.5. The van der Waals surface area contributed by atoms with Crippen molar-refractivity contribution in [3.05, 3.63) is 22.8 Å². The molecule has 16 heavy (non-hydrogen) atoms. The molecule has 1 aliphatic heterocycles. The quantitative estimate of drug-likeness (QED) is 0.827. The Morgan fingerprint density at radius 2 is 2.25 bits per heavy atom. The summed E-state index contributed by atoms with van der Waals surface area (Å²) in [7, 11) is 1.96. The molecule has 1 unspecified atom stereocenters. The van der Waals surface area contributed by atoms with Crippen LogP contribution in [0.25, 0.3) is 0 Å². The zero-order valence-electron chi connectivity index (χ0n) is 10.2. The number of nitrogens with zero attached hydrogens (tertiary/aromatic N) is 2. The summed E-state index contributed by atoms with van der Waals surface area (Å²) >= 11 is 0. The van der Waals surface area contributed by atoms with Crippen LogP contribution in [0.4, 0.5) is 0 Å². The molecule has 1 aromatic heterocycles. The van der Waals surface area contributed by atoms with E-state index in [1.807, 2.05) is 7.05 Å². The Labute approximate surface area is 96.4 Å². The fourth-order valence-electron chi connectivity index (χ4n) is 1.97. The van der Waals surface area contributed by atoms with E-state index in [0.717, 1.165) is 36.7 Å². The second kappa shape index (κ2) is 4.89. The van der Waals surface area contributed by atoms with Gasteiger partial charge in [-0.25, -0.2) is 9.97 Å². The molecule has 0 radical (unpaired) electrons. The number of hydrogen-bond donors (Lipinski definition) is 1. The van der Waals surface area contributed by atoms with Gasteiger partial charge in [0.2, 0.25) is 0 Å². The van der Waals surface area contributed by atoms with E-state index in [0.29, 0.717) is 12.6 Å². The van der Waals surface area contributed by atoms with Gasteiger partial charge in [0.1, 0.15) is 5.82 Å². The summed E-state index contributed by atoms with van der Waals surface area (Å²) in [6, 6.07) is 0.405. The fourth-order valence-corrected chi connectivity index (χ4v) is 1.97. The molecule has 0 saturated heterocycles. The van der Waals surface area contributed by atoms with E-state index in [1.54, 1.807) is 0 Å². The zero-order chi connectivity index (χ0) is 11.5. The van der Waals surface area contributed by atoms with E-state index >= 15 is 0 Å². The molecule has 0 aliphatic carbocycles. The van der Waals surface area contributed by atoms with Crippen LogP contribution in [0.2, 0.25) is 0 Å². The SMILES string of the molecule is CNC(C)Cc1nc(C)c2c(n1)COCC2. The van der Waals surface area contributed by atoms with E-state index in [4.69, 9.17) is 4.74 Å². The molecule has 1 aliphatic rings. The molecule has 4 nitrogen and oxygen atoms in total. The first-order chi connectivity index (χ1) is 7.70. The number of likely N-dealkylation sites (N-methyl/N-ethyl adjacent to an activating group) is 1. The number of rotatable bonds is 3. The third kappa shape index (κ3) is 2.39. The minimum Gasteiger partial charge on any atom is -0.375 e. The second-order valence-corrected chi connectivity index (χ2v) is 4.35. The highest BCUT2D eigenvalue weighted by Gasteiger charge is 2.16. The molecular weight excluding hydrogens is 202 g/mol. The van der Waals surface area contributed by atoms with Gasteiger partial charge in [-0.1, -0.05) is 0 Å². The number of fused-ring (bicyclic) bond motifs is 1. The molecular formula is C12H19N3O. The number of ether oxygens (including phenoxy) is 1. The maximum atomic E-state index is 5.43. The molecule has 2 heterocycles. The lowest BCUT2D eigenvalue weighted by atomic mass is 10.1. The van der Waals surface area contributed by atoms with Crippen LogP contribution in [0, 0.1) is 6.92 Å². The van der Waals surface area contributed by atoms with E-state index in [1.165, 1.54) is 5.56 Å². The standard InChI is InChI=1S/C12H19N3O/c1-8(13-3)6-12-14-9(2)10-4-5-16-7-11(10)15-12/h8,13H,4-7H2,1-3H3.